The van der Waals surface area contributed by atoms with Gasteiger partial charge in [-0.1, -0.05) is 6.07 Å². The van der Waals surface area contributed by atoms with Gasteiger partial charge in [0.25, 0.3) is 6.43 Å². The van der Waals surface area contributed by atoms with Crippen LogP contribution in [0.2, 0.25) is 0 Å². The van der Waals surface area contributed by atoms with E-state index in [2.05, 4.69) is 10.1 Å². The van der Waals surface area contributed by atoms with Crippen LogP contribution in [0, 0.1) is 12.7 Å². The van der Waals surface area contributed by atoms with Crippen molar-refractivity contribution < 1.29 is 21.6 Å². The Balaban J connectivity index is 2.18. The maximum absolute atomic E-state index is 14.2. The van der Waals surface area contributed by atoms with Crippen LogP contribution in [0.5, 0.6) is 0 Å². The first-order chi connectivity index (χ1) is 11.7. The summed E-state index contributed by atoms with van der Waals surface area (Å²) in [7, 11) is -3.73. The summed E-state index contributed by atoms with van der Waals surface area (Å²) in [4.78, 5) is 3.75. The molecule has 0 amide bonds. The normalized spacial score (nSPS) is 12.1. The molecule has 0 atom stereocenters. The number of halogens is 3. The van der Waals surface area contributed by atoms with E-state index < -0.39 is 32.7 Å². The number of aromatic nitrogens is 3. The summed E-state index contributed by atoms with van der Waals surface area (Å²) in [6.07, 6.45) is -1.91. The molecular formula is C15H12F3N3O2S2. The first-order valence-electron chi connectivity index (χ1n) is 6.97. The van der Waals surface area contributed by atoms with Crippen molar-refractivity contribution in [1.82, 2.24) is 14.8 Å². The minimum atomic E-state index is -3.73. The second-order valence-electron chi connectivity index (χ2n) is 5.31. The van der Waals surface area contributed by atoms with Crippen LogP contribution in [0.1, 0.15) is 17.1 Å². The molecule has 3 aromatic rings. The van der Waals surface area contributed by atoms with E-state index in [1.807, 2.05) is 0 Å². The van der Waals surface area contributed by atoms with Crippen LogP contribution in [-0.4, -0.2) is 29.4 Å². The molecule has 0 N–H and O–H groups in total. The molecule has 0 aliphatic carbocycles. The standard InChI is InChI=1S/C15H12F3N3O2S2/c1-8-19-14(7-24-8)21-12(6-11(20-21)15(17)18)9-3-4-13(10(16)5-9)25(2,22)23/h3-7,15H,1-2H3. The average molecular weight is 387 g/mol. The van der Waals surface area contributed by atoms with Gasteiger partial charge in [0.15, 0.2) is 15.7 Å². The van der Waals surface area contributed by atoms with Crippen LogP contribution in [0.25, 0.3) is 17.1 Å². The first-order valence-corrected chi connectivity index (χ1v) is 9.74. The summed E-state index contributed by atoms with van der Waals surface area (Å²) < 4.78 is 64.5. The molecule has 0 bridgehead atoms. The van der Waals surface area contributed by atoms with Gasteiger partial charge in [0.05, 0.1) is 10.7 Å². The molecule has 25 heavy (non-hydrogen) atoms. The van der Waals surface area contributed by atoms with Gasteiger partial charge in [-0.15, -0.1) is 11.3 Å². The number of benzene rings is 1. The van der Waals surface area contributed by atoms with Crippen molar-refractivity contribution in [2.45, 2.75) is 18.2 Å². The van der Waals surface area contributed by atoms with Crippen LogP contribution in [-0.2, 0) is 9.84 Å². The Bertz CT molecular complexity index is 1040. The third-order valence-corrected chi connectivity index (χ3v) is 5.29. The molecule has 0 fully saturated rings. The van der Waals surface area contributed by atoms with E-state index in [4.69, 9.17) is 0 Å². The summed E-state index contributed by atoms with van der Waals surface area (Å²) in [6, 6.07) is 4.57. The van der Waals surface area contributed by atoms with Crippen LogP contribution in [0.3, 0.4) is 0 Å². The molecule has 0 radical (unpaired) electrons. The van der Waals surface area contributed by atoms with Crippen molar-refractivity contribution in [2.24, 2.45) is 0 Å². The predicted molar refractivity (Wildman–Crippen MR) is 87.4 cm³/mol. The van der Waals surface area contributed by atoms with Gasteiger partial charge in [-0.05, 0) is 25.1 Å². The van der Waals surface area contributed by atoms with Crippen molar-refractivity contribution in [3.8, 4) is 17.1 Å². The summed E-state index contributed by atoms with van der Waals surface area (Å²) in [6.45, 7) is 1.76. The van der Waals surface area contributed by atoms with Gasteiger partial charge in [-0.2, -0.15) is 5.10 Å². The number of hydrogen-bond acceptors (Lipinski definition) is 5. The van der Waals surface area contributed by atoms with Gasteiger partial charge in [-0.25, -0.2) is 31.3 Å². The number of aryl methyl sites for hydroxylation is 1. The van der Waals surface area contributed by atoms with Crippen molar-refractivity contribution in [3.63, 3.8) is 0 Å². The third-order valence-electron chi connectivity index (χ3n) is 3.40. The maximum Gasteiger partial charge on any atom is 0.282 e. The molecule has 3 rings (SSSR count). The minimum Gasteiger partial charge on any atom is -0.224 e. The van der Waals surface area contributed by atoms with Gasteiger partial charge in [0.2, 0.25) is 0 Å². The van der Waals surface area contributed by atoms with Crippen molar-refractivity contribution in [3.05, 3.63) is 46.2 Å². The van der Waals surface area contributed by atoms with Gasteiger partial charge in [0, 0.05) is 17.2 Å². The highest BCUT2D eigenvalue weighted by Gasteiger charge is 2.21. The van der Waals surface area contributed by atoms with E-state index in [9.17, 15) is 21.6 Å². The summed E-state index contributed by atoms with van der Waals surface area (Å²) in [5, 5.41) is 6.20. The molecule has 0 aliphatic rings. The summed E-state index contributed by atoms with van der Waals surface area (Å²) in [5.74, 6) is -0.627. The molecule has 0 unspecified atom stereocenters. The Morgan fingerprint density at radius 2 is 1.96 bits per heavy atom. The van der Waals surface area contributed by atoms with E-state index in [1.54, 1.807) is 12.3 Å². The largest absolute Gasteiger partial charge is 0.282 e. The van der Waals surface area contributed by atoms with E-state index in [-0.39, 0.29) is 11.3 Å². The fourth-order valence-corrected chi connectivity index (χ4v) is 3.60. The van der Waals surface area contributed by atoms with Crippen molar-refractivity contribution >= 4 is 21.2 Å². The zero-order chi connectivity index (χ0) is 18.4. The SMILES string of the molecule is Cc1nc(-n2nc(C(F)F)cc2-c2ccc(S(C)(=O)=O)c(F)c2)cs1. The molecule has 0 spiro atoms. The maximum atomic E-state index is 14.2. The molecule has 0 aliphatic heterocycles. The topological polar surface area (TPSA) is 64.8 Å². The fraction of sp³-hybridized carbons (Fsp3) is 0.200. The zero-order valence-corrected chi connectivity index (χ0v) is 14.7. The predicted octanol–water partition coefficient (Wildman–Crippen LogP) is 3.78. The Morgan fingerprint density at radius 1 is 1.24 bits per heavy atom. The molecule has 5 nitrogen and oxygen atoms in total. The number of hydrogen-bond donors (Lipinski definition) is 0. The minimum absolute atomic E-state index is 0.194. The summed E-state index contributed by atoms with van der Waals surface area (Å²) in [5.41, 5.74) is -0.0669. The Labute approximate surface area is 145 Å². The molecule has 2 aromatic heterocycles. The molecule has 0 saturated heterocycles. The van der Waals surface area contributed by atoms with Gasteiger partial charge >= 0.3 is 0 Å². The highest BCUT2D eigenvalue weighted by Crippen LogP contribution is 2.30. The van der Waals surface area contributed by atoms with E-state index in [0.29, 0.717) is 10.8 Å². The Morgan fingerprint density at radius 3 is 2.48 bits per heavy atom. The number of nitrogens with zero attached hydrogens (tertiary/aromatic N) is 3. The first kappa shape index (κ1) is 17.6. The lowest BCUT2D eigenvalue weighted by Gasteiger charge is -2.07. The number of thiazole rings is 1. The van der Waals surface area contributed by atoms with Gasteiger partial charge in [0.1, 0.15) is 16.4 Å². The Hall–Kier alpha value is -2.20. The third kappa shape index (κ3) is 3.45. The molecule has 132 valence electrons. The van der Waals surface area contributed by atoms with Crippen molar-refractivity contribution in [1.29, 1.82) is 0 Å². The van der Waals surface area contributed by atoms with Crippen molar-refractivity contribution in [2.75, 3.05) is 6.26 Å². The number of alkyl halides is 2. The van der Waals surface area contributed by atoms with Crippen LogP contribution >= 0.6 is 11.3 Å². The van der Waals surface area contributed by atoms with E-state index >= 15 is 0 Å². The lowest BCUT2D eigenvalue weighted by molar-refractivity contribution is 0.145. The monoisotopic (exact) mass is 387 g/mol. The van der Waals surface area contributed by atoms with E-state index in [1.165, 1.54) is 22.1 Å². The highest BCUT2D eigenvalue weighted by atomic mass is 32.2. The lowest BCUT2D eigenvalue weighted by Crippen LogP contribution is -2.03. The quantitative estimate of drug-likeness (QED) is 0.683. The van der Waals surface area contributed by atoms with Crippen LogP contribution < -0.4 is 0 Å². The second-order valence-corrected chi connectivity index (χ2v) is 8.36. The number of rotatable bonds is 4. The van der Waals surface area contributed by atoms with Gasteiger partial charge < -0.3 is 0 Å². The summed E-state index contributed by atoms with van der Waals surface area (Å²) >= 11 is 1.32. The molecule has 1 aromatic carbocycles. The van der Waals surface area contributed by atoms with Crippen LogP contribution in [0.15, 0.2) is 34.5 Å². The smallest absolute Gasteiger partial charge is 0.224 e. The zero-order valence-electron chi connectivity index (χ0n) is 13.1. The second kappa shape index (κ2) is 6.26. The average Bonchev–Trinajstić information content (AvgIpc) is 3.11. The van der Waals surface area contributed by atoms with E-state index in [0.717, 1.165) is 24.5 Å². The molecule has 0 saturated carbocycles. The Kier molecular flexibility index (Phi) is 4.41. The molecule has 10 heteroatoms. The van der Waals surface area contributed by atoms with Gasteiger partial charge in [-0.3, -0.25) is 0 Å². The highest BCUT2D eigenvalue weighted by molar-refractivity contribution is 7.90. The van der Waals surface area contributed by atoms with Crippen LogP contribution in [0.4, 0.5) is 13.2 Å². The fourth-order valence-electron chi connectivity index (χ4n) is 2.30. The molecule has 2 heterocycles. The molecular weight excluding hydrogens is 375 g/mol. The lowest BCUT2D eigenvalue weighted by atomic mass is 10.1. The number of sulfone groups is 1.